The first-order valence-corrected chi connectivity index (χ1v) is 9.71. The number of rotatable bonds is 2. The fourth-order valence-electron chi connectivity index (χ4n) is 1.96. The summed E-state index contributed by atoms with van der Waals surface area (Å²) < 4.78 is 9.96. The number of allylic oxidation sites excluding steroid dienone is 2. The molecule has 94 valence electrons. The molecule has 0 fully saturated rings. The van der Waals surface area contributed by atoms with Crippen LogP contribution in [-0.2, 0) is 2.73 Å². The van der Waals surface area contributed by atoms with Gasteiger partial charge in [-0.15, -0.1) is 0 Å². The van der Waals surface area contributed by atoms with Gasteiger partial charge in [-0.1, -0.05) is 0 Å². The van der Waals surface area contributed by atoms with E-state index in [1.165, 1.54) is 9.18 Å². The molecular formula is C17H15OTe+. The zero-order valence-corrected chi connectivity index (χ0v) is 13.1. The standard InChI is InChI=1S/C17H15OTe/c1-14-12-17(15-8-4-2-5-9-15)18-19(13-14)16-10-6-3-7-11-16/h2-13H,1H3/q+1. The Morgan fingerprint density at radius 3 is 2.16 bits per heavy atom. The van der Waals surface area contributed by atoms with Crippen molar-refractivity contribution in [1.82, 2.24) is 0 Å². The van der Waals surface area contributed by atoms with E-state index in [-0.39, 0.29) is 0 Å². The Labute approximate surface area is 120 Å². The van der Waals surface area contributed by atoms with Crippen molar-refractivity contribution in [1.29, 1.82) is 0 Å². The minimum absolute atomic E-state index is 1.01. The summed E-state index contributed by atoms with van der Waals surface area (Å²) >= 11 is -1.84. The topological polar surface area (TPSA) is 11.3 Å². The van der Waals surface area contributed by atoms with Crippen molar-refractivity contribution >= 4 is 28.9 Å². The molecule has 0 saturated carbocycles. The molecule has 2 aromatic carbocycles. The first-order chi connectivity index (χ1) is 9.33. The molecule has 1 nitrogen and oxygen atoms in total. The van der Waals surface area contributed by atoms with Gasteiger partial charge in [-0.05, 0) is 0 Å². The molecular weight excluding hydrogens is 348 g/mol. The van der Waals surface area contributed by atoms with Gasteiger partial charge in [0.1, 0.15) is 0 Å². The molecule has 0 radical (unpaired) electrons. The molecule has 1 aliphatic rings. The van der Waals surface area contributed by atoms with Gasteiger partial charge in [-0.3, -0.25) is 0 Å². The third-order valence-corrected chi connectivity index (χ3v) is 7.66. The first kappa shape index (κ1) is 12.5. The molecule has 1 heterocycles. The Bertz CT molecular complexity index is 627. The summed E-state index contributed by atoms with van der Waals surface area (Å²) in [5.41, 5.74) is 2.47. The third-order valence-electron chi connectivity index (χ3n) is 2.87. The summed E-state index contributed by atoms with van der Waals surface area (Å²) in [6, 6.07) is 20.9. The van der Waals surface area contributed by atoms with Crippen LogP contribution < -0.4 is 3.61 Å². The van der Waals surface area contributed by atoms with Crippen molar-refractivity contribution in [3.8, 4) is 0 Å². The van der Waals surface area contributed by atoms with E-state index in [2.05, 4.69) is 71.7 Å². The molecule has 0 amide bonds. The van der Waals surface area contributed by atoms with Crippen molar-refractivity contribution in [3.05, 3.63) is 82.0 Å². The Kier molecular flexibility index (Phi) is 3.73. The molecule has 0 aromatic heterocycles. The monoisotopic (exact) mass is 365 g/mol. The van der Waals surface area contributed by atoms with Crippen LogP contribution in [0.1, 0.15) is 12.5 Å². The molecule has 19 heavy (non-hydrogen) atoms. The maximum atomic E-state index is 6.28. The van der Waals surface area contributed by atoms with Crippen molar-refractivity contribution in [2.45, 2.75) is 6.92 Å². The van der Waals surface area contributed by atoms with Crippen molar-refractivity contribution in [2.24, 2.45) is 0 Å². The fourth-order valence-corrected chi connectivity index (χ4v) is 6.10. The van der Waals surface area contributed by atoms with Crippen LogP contribution in [0.3, 0.4) is 0 Å². The van der Waals surface area contributed by atoms with Crippen LogP contribution in [-0.4, -0.2) is 19.5 Å². The van der Waals surface area contributed by atoms with E-state index >= 15 is 0 Å². The van der Waals surface area contributed by atoms with Crippen LogP contribution >= 0.6 is 0 Å². The van der Waals surface area contributed by atoms with E-state index < -0.39 is 19.5 Å². The van der Waals surface area contributed by atoms with Gasteiger partial charge in [-0.2, -0.15) is 0 Å². The molecule has 1 aliphatic heterocycles. The van der Waals surface area contributed by atoms with Crippen LogP contribution in [0, 0.1) is 0 Å². The van der Waals surface area contributed by atoms with E-state index in [4.69, 9.17) is 2.73 Å². The van der Waals surface area contributed by atoms with Crippen LogP contribution in [0.25, 0.3) is 5.76 Å². The Morgan fingerprint density at radius 2 is 1.47 bits per heavy atom. The zero-order chi connectivity index (χ0) is 13.1. The summed E-state index contributed by atoms with van der Waals surface area (Å²) in [5.74, 6) is 1.01. The second-order valence-electron chi connectivity index (χ2n) is 4.43. The molecule has 0 N–H and O–H groups in total. The molecule has 2 heteroatoms. The van der Waals surface area contributed by atoms with E-state index in [1.54, 1.807) is 0 Å². The predicted octanol–water partition coefficient (Wildman–Crippen LogP) is 3.39. The molecule has 0 aliphatic carbocycles. The van der Waals surface area contributed by atoms with Gasteiger partial charge < -0.3 is 0 Å². The quantitative estimate of drug-likeness (QED) is 0.573. The van der Waals surface area contributed by atoms with Gasteiger partial charge in [0.2, 0.25) is 0 Å². The summed E-state index contributed by atoms with van der Waals surface area (Å²) in [4.78, 5) is 0. The number of hydrogen-bond acceptors (Lipinski definition) is 0. The van der Waals surface area contributed by atoms with Gasteiger partial charge in [0, 0.05) is 0 Å². The average Bonchev–Trinajstić information content (AvgIpc) is 2.48. The first-order valence-electron chi connectivity index (χ1n) is 6.25. The summed E-state index contributed by atoms with van der Waals surface area (Å²) in [5, 5.41) is 0. The van der Waals surface area contributed by atoms with E-state index in [1.807, 2.05) is 6.07 Å². The van der Waals surface area contributed by atoms with Gasteiger partial charge in [0.05, 0.1) is 0 Å². The van der Waals surface area contributed by atoms with Crippen LogP contribution in [0.15, 0.2) is 76.4 Å². The molecule has 2 aromatic rings. The van der Waals surface area contributed by atoms with E-state index in [0.717, 1.165) is 11.3 Å². The van der Waals surface area contributed by atoms with Crippen LogP contribution in [0.4, 0.5) is 0 Å². The summed E-state index contributed by atoms with van der Waals surface area (Å²) in [6.07, 6.45) is 2.13. The molecule has 0 saturated heterocycles. The average molecular weight is 363 g/mol. The van der Waals surface area contributed by atoms with Crippen molar-refractivity contribution in [2.75, 3.05) is 0 Å². The van der Waals surface area contributed by atoms with Crippen LogP contribution in [0.5, 0.6) is 0 Å². The Hall–Kier alpha value is -1.49. The predicted molar refractivity (Wildman–Crippen MR) is 80.7 cm³/mol. The zero-order valence-electron chi connectivity index (χ0n) is 10.7. The summed E-state index contributed by atoms with van der Waals surface area (Å²) in [6.45, 7) is 2.15. The van der Waals surface area contributed by atoms with Crippen LogP contribution in [0.2, 0.25) is 0 Å². The molecule has 3 rings (SSSR count). The SMILES string of the molecule is CC1=C[Te](c2ccccc2)=[O+]C(c2ccccc2)=C1. The molecule has 0 bridgehead atoms. The molecule has 0 unspecified atom stereocenters. The maximum absolute atomic E-state index is 6.28. The van der Waals surface area contributed by atoms with Gasteiger partial charge in [0.25, 0.3) is 0 Å². The van der Waals surface area contributed by atoms with Gasteiger partial charge >= 0.3 is 121 Å². The minimum atomic E-state index is -1.84. The summed E-state index contributed by atoms with van der Waals surface area (Å²) in [7, 11) is 0. The fraction of sp³-hybridized carbons (Fsp3) is 0.0588. The Balaban J connectivity index is 2.05. The van der Waals surface area contributed by atoms with E-state index in [0.29, 0.717) is 0 Å². The second kappa shape index (κ2) is 5.65. The molecule has 0 atom stereocenters. The van der Waals surface area contributed by atoms with Crippen molar-refractivity contribution in [3.63, 3.8) is 0 Å². The number of benzene rings is 2. The molecule has 0 spiro atoms. The van der Waals surface area contributed by atoms with Crippen molar-refractivity contribution < 1.29 is 2.73 Å². The van der Waals surface area contributed by atoms with Gasteiger partial charge in [0.15, 0.2) is 0 Å². The number of hydrogen-bond donors (Lipinski definition) is 0. The third kappa shape index (κ3) is 2.92. The second-order valence-corrected chi connectivity index (χ2v) is 8.62. The Morgan fingerprint density at radius 1 is 0.842 bits per heavy atom. The van der Waals surface area contributed by atoms with Gasteiger partial charge in [-0.25, -0.2) is 0 Å². The normalized spacial score (nSPS) is 15.4. The van der Waals surface area contributed by atoms with E-state index in [9.17, 15) is 0 Å².